The molecule has 1 aromatic rings. The predicted molar refractivity (Wildman–Crippen MR) is 85.9 cm³/mol. The van der Waals surface area contributed by atoms with E-state index in [-0.39, 0.29) is 6.04 Å². The highest BCUT2D eigenvalue weighted by Crippen LogP contribution is 2.21. The molecule has 3 atom stereocenters. The zero-order valence-corrected chi connectivity index (χ0v) is 13.6. The van der Waals surface area contributed by atoms with Crippen LogP contribution in [-0.4, -0.2) is 37.2 Å². The molecule has 3 nitrogen and oxygen atoms in total. The fourth-order valence-corrected chi connectivity index (χ4v) is 2.53. The second-order valence-corrected chi connectivity index (χ2v) is 5.66. The second kappa shape index (κ2) is 8.40. The molecule has 0 aliphatic rings. The van der Waals surface area contributed by atoms with Crippen LogP contribution in [-0.2, 0) is 4.74 Å². The molecule has 3 unspecified atom stereocenters. The summed E-state index contributed by atoms with van der Waals surface area (Å²) in [7, 11) is 1.75. The van der Waals surface area contributed by atoms with Gasteiger partial charge in [-0.25, -0.2) is 0 Å². The maximum absolute atomic E-state index is 6.47. The van der Waals surface area contributed by atoms with Crippen LogP contribution < -0.4 is 5.73 Å². The predicted octanol–water partition coefficient (Wildman–Crippen LogP) is 3.13. The van der Waals surface area contributed by atoms with E-state index in [4.69, 9.17) is 10.5 Å². The summed E-state index contributed by atoms with van der Waals surface area (Å²) in [6.45, 7) is 10.5. The van der Waals surface area contributed by atoms with Gasteiger partial charge in [-0.3, -0.25) is 4.90 Å². The summed E-state index contributed by atoms with van der Waals surface area (Å²) in [4.78, 5) is 2.45. The molecule has 1 rings (SSSR count). The van der Waals surface area contributed by atoms with Crippen molar-refractivity contribution in [2.45, 2.75) is 52.2 Å². The zero-order valence-electron chi connectivity index (χ0n) is 13.6. The largest absolute Gasteiger partial charge is 0.383 e. The van der Waals surface area contributed by atoms with Gasteiger partial charge in [0.15, 0.2) is 0 Å². The van der Waals surface area contributed by atoms with E-state index in [2.05, 4.69) is 56.9 Å². The Morgan fingerprint density at radius 2 is 1.80 bits per heavy atom. The van der Waals surface area contributed by atoms with Crippen LogP contribution in [0.2, 0.25) is 0 Å². The van der Waals surface area contributed by atoms with Crippen LogP contribution in [0, 0.1) is 6.92 Å². The Morgan fingerprint density at radius 1 is 1.20 bits per heavy atom. The van der Waals surface area contributed by atoms with Gasteiger partial charge in [0.1, 0.15) is 0 Å². The monoisotopic (exact) mass is 278 g/mol. The first kappa shape index (κ1) is 17.2. The van der Waals surface area contributed by atoms with Crippen molar-refractivity contribution >= 4 is 0 Å². The first-order valence-corrected chi connectivity index (χ1v) is 7.58. The van der Waals surface area contributed by atoms with Gasteiger partial charge in [0.05, 0.1) is 6.61 Å². The molecule has 3 heteroatoms. The number of methoxy groups -OCH3 is 1. The number of nitrogens with two attached hydrogens (primary N) is 1. The van der Waals surface area contributed by atoms with Gasteiger partial charge in [-0.15, -0.1) is 0 Å². The average Bonchev–Trinajstić information content (AvgIpc) is 2.47. The number of hydrogen-bond acceptors (Lipinski definition) is 3. The third-order valence-corrected chi connectivity index (χ3v) is 4.22. The topological polar surface area (TPSA) is 38.5 Å². The molecule has 1 aromatic carbocycles. The smallest absolute Gasteiger partial charge is 0.0589 e. The Bertz CT molecular complexity index is 377. The highest BCUT2D eigenvalue weighted by atomic mass is 16.5. The molecule has 0 bridgehead atoms. The molecule has 0 aliphatic heterocycles. The molecule has 0 radical (unpaired) electrons. The Labute approximate surface area is 124 Å². The molecule has 0 saturated heterocycles. The van der Waals surface area contributed by atoms with E-state index in [1.165, 1.54) is 11.1 Å². The fourth-order valence-electron chi connectivity index (χ4n) is 2.53. The molecule has 0 fully saturated rings. The number of aryl methyl sites for hydroxylation is 1. The summed E-state index contributed by atoms with van der Waals surface area (Å²) in [6, 6.07) is 9.37. The van der Waals surface area contributed by atoms with Gasteiger partial charge in [-0.2, -0.15) is 0 Å². The van der Waals surface area contributed by atoms with Crippen LogP contribution >= 0.6 is 0 Å². The van der Waals surface area contributed by atoms with Crippen LogP contribution in [0.1, 0.15) is 44.4 Å². The normalized spacial score (nSPS) is 16.1. The Kier molecular flexibility index (Phi) is 7.20. The lowest BCUT2D eigenvalue weighted by molar-refractivity contribution is 0.0838. The summed E-state index contributed by atoms with van der Waals surface area (Å²) < 4.78 is 5.24. The quantitative estimate of drug-likeness (QED) is 0.794. The lowest BCUT2D eigenvalue weighted by Gasteiger charge is -2.37. The molecule has 0 aromatic heterocycles. The highest BCUT2D eigenvalue weighted by molar-refractivity contribution is 5.24. The number of hydrogen-bond donors (Lipinski definition) is 1. The van der Waals surface area contributed by atoms with Crippen molar-refractivity contribution in [1.82, 2.24) is 4.90 Å². The van der Waals surface area contributed by atoms with Gasteiger partial charge in [-0.05, 0) is 32.8 Å². The minimum atomic E-state index is 0.0291. The first-order chi connectivity index (χ1) is 9.51. The number of nitrogens with zero attached hydrogens (tertiary/aromatic N) is 1. The molecular formula is C17H30N2O. The van der Waals surface area contributed by atoms with E-state index in [1.54, 1.807) is 7.11 Å². The van der Waals surface area contributed by atoms with Crippen molar-refractivity contribution < 1.29 is 4.74 Å². The molecule has 114 valence electrons. The Hall–Kier alpha value is -0.900. The molecule has 0 amide bonds. The zero-order chi connectivity index (χ0) is 15.1. The minimum absolute atomic E-state index is 0.0291. The van der Waals surface area contributed by atoms with Crippen molar-refractivity contribution in [2.75, 3.05) is 20.3 Å². The standard InChI is InChI=1S/C17H30N2O/c1-6-14(3)19(11-12-20-5)15(4)17(18)16-9-7-13(2)8-10-16/h7-10,14-15,17H,6,11-12,18H2,1-5H3. The third-order valence-electron chi connectivity index (χ3n) is 4.22. The molecule has 20 heavy (non-hydrogen) atoms. The number of ether oxygens (including phenoxy) is 1. The Morgan fingerprint density at radius 3 is 2.30 bits per heavy atom. The van der Waals surface area contributed by atoms with Crippen molar-refractivity contribution in [3.8, 4) is 0 Å². The van der Waals surface area contributed by atoms with Crippen LogP contribution in [0.25, 0.3) is 0 Å². The highest BCUT2D eigenvalue weighted by Gasteiger charge is 2.24. The lowest BCUT2D eigenvalue weighted by atomic mass is 9.97. The molecular weight excluding hydrogens is 248 g/mol. The molecule has 2 N–H and O–H groups in total. The SMILES string of the molecule is CCC(C)N(CCOC)C(C)C(N)c1ccc(C)cc1. The number of benzene rings is 1. The average molecular weight is 278 g/mol. The van der Waals surface area contributed by atoms with Gasteiger partial charge < -0.3 is 10.5 Å². The summed E-state index contributed by atoms with van der Waals surface area (Å²) in [6.07, 6.45) is 1.12. The maximum Gasteiger partial charge on any atom is 0.0589 e. The van der Waals surface area contributed by atoms with E-state index >= 15 is 0 Å². The van der Waals surface area contributed by atoms with Crippen LogP contribution in [0.4, 0.5) is 0 Å². The summed E-state index contributed by atoms with van der Waals surface area (Å²) >= 11 is 0. The lowest BCUT2D eigenvalue weighted by Crippen LogP contribution is -2.47. The fraction of sp³-hybridized carbons (Fsp3) is 0.647. The van der Waals surface area contributed by atoms with E-state index in [0.29, 0.717) is 12.1 Å². The van der Waals surface area contributed by atoms with E-state index in [0.717, 1.165) is 19.6 Å². The van der Waals surface area contributed by atoms with Crippen molar-refractivity contribution in [3.63, 3.8) is 0 Å². The van der Waals surface area contributed by atoms with Gasteiger partial charge in [0.2, 0.25) is 0 Å². The Balaban J connectivity index is 2.81. The molecule has 0 aliphatic carbocycles. The third kappa shape index (κ3) is 4.58. The minimum Gasteiger partial charge on any atom is -0.383 e. The van der Waals surface area contributed by atoms with E-state index in [9.17, 15) is 0 Å². The van der Waals surface area contributed by atoms with Crippen molar-refractivity contribution in [1.29, 1.82) is 0 Å². The first-order valence-electron chi connectivity index (χ1n) is 7.58. The molecule has 0 saturated carbocycles. The second-order valence-electron chi connectivity index (χ2n) is 5.66. The summed E-state index contributed by atoms with van der Waals surface area (Å²) in [5.74, 6) is 0. The van der Waals surface area contributed by atoms with Crippen molar-refractivity contribution in [2.24, 2.45) is 5.73 Å². The van der Waals surface area contributed by atoms with Gasteiger partial charge in [0.25, 0.3) is 0 Å². The molecule has 0 heterocycles. The van der Waals surface area contributed by atoms with Crippen LogP contribution in [0.15, 0.2) is 24.3 Å². The summed E-state index contributed by atoms with van der Waals surface area (Å²) in [5, 5.41) is 0. The van der Waals surface area contributed by atoms with Crippen LogP contribution in [0.5, 0.6) is 0 Å². The number of rotatable bonds is 8. The molecule has 0 spiro atoms. The van der Waals surface area contributed by atoms with Gasteiger partial charge in [-0.1, -0.05) is 36.8 Å². The van der Waals surface area contributed by atoms with E-state index in [1.807, 2.05) is 0 Å². The van der Waals surface area contributed by atoms with Gasteiger partial charge in [0, 0.05) is 31.8 Å². The summed E-state index contributed by atoms with van der Waals surface area (Å²) in [5.41, 5.74) is 8.94. The van der Waals surface area contributed by atoms with Crippen molar-refractivity contribution in [3.05, 3.63) is 35.4 Å². The van der Waals surface area contributed by atoms with Crippen LogP contribution in [0.3, 0.4) is 0 Å². The maximum atomic E-state index is 6.47. The van der Waals surface area contributed by atoms with Gasteiger partial charge >= 0.3 is 0 Å². The van der Waals surface area contributed by atoms with E-state index < -0.39 is 0 Å².